The zero-order valence-electron chi connectivity index (χ0n) is 32.0. The van der Waals surface area contributed by atoms with Gasteiger partial charge in [0.25, 0.3) is 0 Å². The Labute approximate surface area is 310 Å². The van der Waals surface area contributed by atoms with Crippen LogP contribution < -0.4 is 4.90 Å². The van der Waals surface area contributed by atoms with Crippen molar-refractivity contribution in [3.8, 4) is 0 Å². The van der Waals surface area contributed by atoms with Gasteiger partial charge in [0.1, 0.15) is 0 Å². The summed E-state index contributed by atoms with van der Waals surface area (Å²) in [4.78, 5) is 4.70. The summed E-state index contributed by atoms with van der Waals surface area (Å²) in [7, 11) is 2.15. The third-order valence-corrected chi connectivity index (χ3v) is 8.70. The molecule has 0 unspecified atom stereocenters. The van der Waals surface area contributed by atoms with Gasteiger partial charge in [-0.05, 0) is 117 Å². The van der Waals surface area contributed by atoms with Gasteiger partial charge in [0.2, 0.25) is 0 Å². The molecule has 4 rings (SSSR count). The second kappa shape index (κ2) is 22.4. The minimum absolute atomic E-state index is 0.820. The maximum Gasteiger partial charge on any atom is 0.0499 e. The molecule has 0 N–H and O–H groups in total. The lowest BCUT2D eigenvalue weighted by molar-refractivity contribution is 0.563. The van der Waals surface area contributed by atoms with Gasteiger partial charge in [-0.3, -0.25) is 0 Å². The SMILES string of the molecule is C=C/C(=C\C(=C/C)N(C1=CC=C(N(C)c2ccc(/C=C/C=C\C=C/C)cc2)CC=C1)/C(=C/C=C\C)C1=C(C)C=CC=CC1)C1=CC=CCC1.CC. The van der Waals surface area contributed by atoms with E-state index in [9.17, 15) is 0 Å². The van der Waals surface area contributed by atoms with Crippen molar-refractivity contribution >= 4 is 11.8 Å². The molecule has 0 bridgehead atoms. The third kappa shape index (κ3) is 11.9. The zero-order valence-corrected chi connectivity index (χ0v) is 32.0. The highest BCUT2D eigenvalue weighted by Gasteiger charge is 2.22. The number of allylic oxidation sites excluding steroid dienone is 26. The maximum atomic E-state index is 4.22. The van der Waals surface area contributed by atoms with Crippen molar-refractivity contribution in [3.05, 3.63) is 215 Å². The number of anilines is 1. The average Bonchev–Trinajstić information content (AvgIpc) is 3.55. The fraction of sp³-hybridized carbons (Fsp3) is 0.224. The predicted molar refractivity (Wildman–Crippen MR) is 228 cm³/mol. The van der Waals surface area contributed by atoms with Crippen molar-refractivity contribution in [3.63, 3.8) is 0 Å². The highest BCUT2D eigenvalue weighted by atomic mass is 15.2. The van der Waals surface area contributed by atoms with Crippen molar-refractivity contribution in [1.82, 2.24) is 4.90 Å². The van der Waals surface area contributed by atoms with E-state index in [4.69, 9.17) is 0 Å². The van der Waals surface area contributed by atoms with E-state index in [1.165, 1.54) is 28.0 Å². The highest BCUT2D eigenvalue weighted by molar-refractivity contribution is 5.60. The van der Waals surface area contributed by atoms with Gasteiger partial charge in [0.15, 0.2) is 0 Å². The summed E-state index contributed by atoms with van der Waals surface area (Å²) in [5, 5.41) is 0. The standard InChI is InChI=1S/C47H52N2.C2H6/c1-7-11-13-14-18-24-39-31-33-44(34-32-39)48(6)43-27-22-28-45(36-35-43)49(42(10-4)37-40(9-3)41-25-19-16-20-26-41)47(30-12-8-2)46-29-21-15-17-23-38(46)5;1-2/h7-19,21-25,28,30-37H,3,20,26-27,29H2,1-2,4-6H3;1-2H3/b11-7-,12-8-,14-13-,24-18+,40-37+,42-10+,47-30+;. The van der Waals surface area contributed by atoms with Gasteiger partial charge < -0.3 is 9.80 Å². The second-order valence-electron chi connectivity index (χ2n) is 12.0. The monoisotopic (exact) mass is 674 g/mol. The minimum atomic E-state index is 0.820. The van der Waals surface area contributed by atoms with Crippen LogP contribution in [0, 0.1) is 0 Å². The highest BCUT2D eigenvalue weighted by Crippen LogP contribution is 2.35. The Hall–Kier alpha value is -5.34. The summed E-state index contributed by atoms with van der Waals surface area (Å²) < 4.78 is 0. The van der Waals surface area contributed by atoms with Crippen molar-refractivity contribution in [1.29, 1.82) is 0 Å². The van der Waals surface area contributed by atoms with E-state index in [1.54, 1.807) is 0 Å². The molecule has 0 aromatic heterocycles. The van der Waals surface area contributed by atoms with Crippen LogP contribution >= 0.6 is 0 Å². The summed E-state index contributed by atoms with van der Waals surface area (Å²) >= 11 is 0. The molecule has 3 aliphatic carbocycles. The first-order valence-corrected chi connectivity index (χ1v) is 18.4. The number of hydrogen-bond donors (Lipinski definition) is 0. The van der Waals surface area contributed by atoms with Crippen molar-refractivity contribution in [2.45, 2.75) is 67.2 Å². The lowest BCUT2D eigenvalue weighted by atomic mass is 9.95. The largest absolute Gasteiger partial charge is 0.348 e. The lowest BCUT2D eigenvalue weighted by Gasteiger charge is -2.32. The molecule has 264 valence electrons. The van der Waals surface area contributed by atoms with Crippen molar-refractivity contribution in [2.24, 2.45) is 0 Å². The summed E-state index contributed by atoms with van der Waals surface area (Å²) in [6.45, 7) is 16.7. The van der Waals surface area contributed by atoms with Crippen LogP contribution in [0.4, 0.5) is 5.69 Å². The van der Waals surface area contributed by atoms with Crippen LogP contribution in [0.5, 0.6) is 0 Å². The summed E-state index contributed by atoms with van der Waals surface area (Å²) in [5.41, 5.74) is 11.9. The van der Waals surface area contributed by atoms with Crippen molar-refractivity contribution in [2.75, 3.05) is 11.9 Å². The van der Waals surface area contributed by atoms with Gasteiger partial charge in [0.05, 0.1) is 0 Å². The molecule has 51 heavy (non-hydrogen) atoms. The van der Waals surface area contributed by atoms with Gasteiger partial charge in [-0.1, -0.05) is 142 Å². The van der Waals surface area contributed by atoms with Gasteiger partial charge in [0, 0.05) is 41.9 Å². The Bertz CT molecular complexity index is 1790. The van der Waals surface area contributed by atoms with E-state index in [2.05, 4.69) is 178 Å². The van der Waals surface area contributed by atoms with Crippen molar-refractivity contribution < 1.29 is 0 Å². The van der Waals surface area contributed by atoms with Crippen LogP contribution in [0.15, 0.2) is 210 Å². The molecule has 1 aromatic carbocycles. The zero-order chi connectivity index (χ0) is 36.8. The Morgan fingerprint density at radius 3 is 2.24 bits per heavy atom. The first-order valence-electron chi connectivity index (χ1n) is 18.4. The molecule has 0 heterocycles. The predicted octanol–water partition coefficient (Wildman–Crippen LogP) is 13.9. The molecule has 1 aromatic rings. The fourth-order valence-electron chi connectivity index (χ4n) is 5.90. The summed E-state index contributed by atoms with van der Waals surface area (Å²) in [5.74, 6) is 0. The van der Waals surface area contributed by atoms with Crippen LogP contribution in [0.25, 0.3) is 6.08 Å². The summed E-state index contributed by atoms with van der Waals surface area (Å²) in [6, 6.07) is 8.73. The van der Waals surface area contributed by atoms with Crippen LogP contribution in [0.1, 0.15) is 72.8 Å². The van der Waals surface area contributed by atoms with Crippen LogP contribution in [-0.2, 0) is 0 Å². The van der Waals surface area contributed by atoms with E-state index in [0.29, 0.717) is 0 Å². The molecule has 0 saturated heterocycles. The Morgan fingerprint density at radius 2 is 1.55 bits per heavy atom. The smallest absolute Gasteiger partial charge is 0.0499 e. The quantitative estimate of drug-likeness (QED) is 0.192. The molecular weight excluding hydrogens is 617 g/mol. The van der Waals surface area contributed by atoms with E-state index in [1.807, 2.05) is 51.2 Å². The topological polar surface area (TPSA) is 6.48 Å². The molecule has 0 saturated carbocycles. The van der Waals surface area contributed by atoms with E-state index in [-0.39, 0.29) is 0 Å². The van der Waals surface area contributed by atoms with E-state index in [0.717, 1.165) is 54.0 Å². The third-order valence-electron chi connectivity index (χ3n) is 8.70. The number of nitrogens with zero attached hydrogens (tertiary/aromatic N) is 2. The number of hydrogen-bond acceptors (Lipinski definition) is 2. The molecule has 2 nitrogen and oxygen atoms in total. The Balaban J connectivity index is 0.00000345. The Morgan fingerprint density at radius 1 is 0.784 bits per heavy atom. The van der Waals surface area contributed by atoms with E-state index >= 15 is 0 Å². The molecule has 0 fully saturated rings. The van der Waals surface area contributed by atoms with Crippen LogP contribution in [0.2, 0.25) is 0 Å². The second-order valence-corrected chi connectivity index (χ2v) is 12.0. The van der Waals surface area contributed by atoms with Gasteiger partial charge in [-0.15, -0.1) is 0 Å². The Kier molecular flexibility index (Phi) is 17.6. The minimum Gasteiger partial charge on any atom is -0.348 e. The van der Waals surface area contributed by atoms with E-state index < -0.39 is 0 Å². The summed E-state index contributed by atoms with van der Waals surface area (Å²) in [6.07, 6.45) is 53.5. The van der Waals surface area contributed by atoms with Gasteiger partial charge in [-0.2, -0.15) is 0 Å². The van der Waals surface area contributed by atoms with Gasteiger partial charge in [-0.25, -0.2) is 0 Å². The molecule has 3 aliphatic rings. The number of rotatable bonds is 13. The molecule has 0 spiro atoms. The average molecular weight is 675 g/mol. The first kappa shape index (κ1) is 40.1. The fourth-order valence-corrected chi connectivity index (χ4v) is 5.90. The molecule has 0 aliphatic heterocycles. The lowest BCUT2D eigenvalue weighted by Crippen LogP contribution is -2.22. The number of benzene rings is 1. The first-order chi connectivity index (χ1) is 25.0. The maximum absolute atomic E-state index is 4.22. The molecular formula is C49H58N2. The van der Waals surface area contributed by atoms with Crippen LogP contribution in [-0.4, -0.2) is 11.9 Å². The molecule has 2 heteroatoms. The van der Waals surface area contributed by atoms with Gasteiger partial charge >= 0.3 is 0 Å². The normalized spacial score (nSPS) is 17.1. The molecule has 0 atom stereocenters. The van der Waals surface area contributed by atoms with Crippen LogP contribution in [0.3, 0.4) is 0 Å². The molecule has 0 amide bonds. The molecule has 0 radical (unpaired) electrons.